The lowest BCUT2D eigenvalue weighted by Gasteiger charge is -2.32. The zero-order valence-electron chi connectivity index (χ0n) is 15.2. The molecule has 2 heterocycles. The fourth-order valence-corrected chi connectivity index (χ4v) is 3.62. The van der Waals surface area contributed by atoms with Crippen molar-refractivity contribution < 1.29 is 9.59 Å². The summed E-state index contributed by atoms with van der Waals surface area (Å²) in [7, 11) is 1.98. The molecule has 1 amide bonds. The highest BCUT2D eigenvalue weighted by atomic mass is 35.5. The van der Waals surface area contributed by atoms with Gasteiger partial charge in [0.25, 0.3) is 5.91 Å². The van der Waals surface area contributed by atoms with Gasteiger partial charge in [0.15, 0.2) is 5.78 Å². The van der Waals surface area contributed by atoms with Gasteiger partial charge >= 0.3 is 0 Å². The van der Waals surface area contributed by atoms with Crippen LogP contribution < -0.4 is 5.32 Å². The Hall–Kier alpha value is -1.33. The number of hydrogen-bond donors (Lipinski definition) is 2. The Labute approximate surface area is 151 Å². The Morgan fingerprint density at radius 1 is 1.29 bits per heavy atom. The molecule has 0 spiro atoms. The number of aromatic nitrogens is 1. The highest BCUT2D eigenvalue weighted by Gasteiger charge is 2.28. The third-order valence-corrected chi connectivity index (χ3v) is 4.91. The maximum Gasteiger partial charge on any atom is 0.270 e. The summed E-state index contributed by atoms with van der Waals surface area (Å²) < 4.78 is 0. The predicted octanol–water partition coefficient (Wildman–Crippen LogP) is 2.97. The number of carbonyl (C=O) groups is 2. The first-order chi connectivity index (χ1) is 11.0. The van der Waals surface area contributed by atoms with Crippen LogP contribution in [0.25, 0.3) is 0 Å². The third-order valence-electron chi connectivity index (χ3n) is 4.91. The van der Waals surface area contributed by atoms with Crippen LogP contribution >= 0.6 is 12.4 Å². The number of carbonyl (C=O) groups excluding carboxylic acids is 2. The number of hydrogen-bond acceptors (Lipinski definition) is 3. The van der Waals surface area contributed by atoms with Crippen molar-refractivity contribution in [2.75, 3.05) is 26.7 Å². The van der Waals surface area contributed by atoms with E-state index in [0.717, 1.165) is 43.7 Å². The molecule has 1 aromatic rings. The number of rotatable bonds is 6. The molecule has 6 heteroatoms. The molecule has 0 atom stereocenters. The van der Waals surface area contributed by atoms with E-state index in [1.54, 1.807) is 6.92 Å². The molecule has 0 radical (unpaired) electrons. The minimum atomic E-state index is 0. The van der Waals surface area contributed by atoms with Gasteiger partial charge in [0, 0.05) is 24.3 Å². The normalized spacial score (nSPS) is 15.2. The van der Waals surface area contributed by atoms with Crippen molar-refractivity contribution in [1.82, 2.24) is 15.2 Å². The van der Waals surface area contributed by atoms with Crippen LogP contribution in [0.4, 0.5) is 0 Å². The van der Waals surface area contributed by atoms with Gasteiger partial charge in [-0.15, -0.1) is 12.4 Å². The predicted molar refractivity (Wildman–Crippen MR) is 99.3 cm³/mol. The maximum absolute atomic E-state index is 12.9. The van der Waals surface area contributed by atoms with Crippen molar-refractivity contribution in [3.63, 3.8) is 0 Å². The van der Waals surface area contributed by atoms with E-state index in [2.05, 4.69) is 10.3 Å². The summed E-state index contributed by atoms with van der Waals surface area (Å²) in [4.78, 5) is 29.8. The van der Waals surface area contributed by atoms with Crippen molar-refractivity contribution in [3.05, 3.63) is 22.5 Å². The van der Waals surface area contributed by atoms with E-state index in [-0.39, 0.29) is 24.1 Å². The van der Waals surface area contributed by atoms with Gasteiger partial charge in [0.1, 0.15) is 5.69 Å². The van der Waals surface area contributed by atoms with Crippen LogP contribution in [-0.2, 0) is 6.42 Å². The van der Waals surface area contributed by atoms with E-state index >= 15 is 0 Å². The largest absolute Gasteiger partial charge is 0.354 e. The number of amides is 1. The average Bonchev–Trinajstić information content (AvgIpc) is 2.89. The number of aromatic amines is 1. The smallest absolute Gasteiger partial charge is 0.270 e. The summed E-state index contributed by atoms with van der Waals surface area (Å²) in [6.45, 7) is 8.09. The summed E-state index contributed by atoms with van der Waals surface area (Å²) in [5.41, 5.74) is 2.99. The van der Waals surface area contributed by atoms with E-state index in [0.29, 0.717) is 23.6 Å². The molecule has 1 aromatic heterocycles. The molecular weight excluding hydrogens is 326 g/mol. The van der Waals surface area contributed by atoms with Gasteiger partial charge in [-0.05, 0) is 64.6 Å². The quantitative estimate of drug-likeness (QED) is 0.771. The lowest BCUT2D eigenvalue weighted by atomic mass is 9.93. The van der Waals surface area contributed by atoms with Crippen molar-refractivity contribution >= 4 is 24.1 Å². The van der Waals surface area contributed by atoms with Gasteiger partial charge in [-0.1, -0.05) is 6.92 Å². The molecule has 0 bridgehead atoms. The number of H-pyrrole nitrogens is 1. The maximum atomic E-state index is 12.9. The monoisotopic (exact) mass is 355 g/mol. The first-order valence-electron chi connectivity index (χ1n) is 8.65. The van der Waals surface area contributed by atoms with Crippen molar-refractivity contribution in [1.29, 1.82) is 0 Å². The number of Topliss-reactive ketones (excluding diaryl/α,β-unsaturated/α-hetero) is 1. The minimum absolute atomic E-state index is 0. The summed E-state index contributed by atoms with van der Waals surface area (Å²) in [5, 5.41) is 3.19. The highest BCUT2D eigenvalue weighted by molar-refractivity contribution is 6.02. The summed E-state index contributed by atoms with van der Waals surface area (Å²) in [5.74, 6) is 0.778. The summed E-state index contributed by atoms with van der Waals surface area (Å²) in [6.07, 6.45) is 4.00. The van der Waals surface area contributed by atoms with Gasteiger partial charge in [-0.2, -0.15) is 0 Å². The molecule has 1 saturated heterocycles. The van der Waals surface area contributed by atoms with E-state index in [9.17, 15) is 9.59 Å². The molecule has 0 aromatic carbocycles. The van der Waals surface area contributed by atoms with E-state index < -0.39 is 0 Å². The lowest BCUT2D eigenvalue weighted by molar-refractivity contribution is 0.0680. The van der Waals surface area contributed by atoms with Crippen molar-refractivity contribution in [2.24, 2.45) is 5.92 Å². The molecular formula is C18H30ClN3O2. The molecule has 0 unspecified atom stereocenters. The van der Waals surface area contributed by atoms with Crippen LogP contribution in [0.5, 0.6) is 0 Å². The number of ketones is 1. The van der Waals surface area contributed by atoms with Gasteiger partial charge in [0.2, 0.25) is 0 Å². The van der Waals surface area contributed by atoms with Crippen LogP contribution in [0.1, 0.15) is 65.2 Å². The van der Waals surface area contributed by atoms with Gasteiger partial charge < -0.3 is 15.2 Å². The topological polar surface area (TPSA) is 65.2 Å². The zero-order chi connectivity index (χ0) is 17.0. The van der Waals surface area contributed by atoms with Crippen LogP contribution in [-0.4, -0.2) is 48.3 Å². The van der Waals surface area contributed by atoms with Crippen LogP contribution in [0.3, 0.4) is 0 Å². The molecule has 5 nitrogen and oxygen atoms in total. The standard InChI is InChI=1S/C18H29N3O2.ClH/c1-5-15-16(13(3)22)12(2)20-17(15)18(23)21-10-7-14(8-11-21)6-9-19-4;/h14,19-20H,5-11H2,1-4H3;1H. The zero-order valence-corrected chi connectivity index (χ0v) is 16.0. The molecule has 0 saturated carbocycles. The number of nitrogens with zero attached hydrogens (tertiary/aromatic N) is 1. The second-order valence-corrected chi connectivity index (χ2v) is 6.52. The van der Waals surface area contributed by atoms with Crippen LogP contribution in [0.2, 0.25) is 0 Å². The highest BCUT2D eigenvalue weighted by Crippen LogP contribution is 2.25. The van der Waals surface area contributed by atoms with E-state index in [1.165, 1.54) is 6.42 Å². The number of nitrogens with one attached hydrogen (secondary N) is 2. The van der Waals surface area contributed by atoms with Crippen LogP contribution in [0.15, 0.2) is 0 Å². The Morgan fingerprint density at radius 3 is 2.42 bits per heavy atom. The van der Waals surface area contributed by atoms with Crippen molar-refractivity contribution in [3.8, 4) is 0 Å². The average molecular weight is 356 g/mol. The molecule has 136 valence electrons. The Kier molecular flexibility index (Phi) is 7.97. The number of likely N-dealkylation sites (tertiary alicyclic amines) is 1. The number of halogens is 1. The summed E-state index contributed by atoms with van der Waals surface area (Å²) >= 11 is 0. The van der Waals surface area contributed by atoms with Crippen molar-refractivity contribution in [2.45, 2.75) is 46.5 Å². The van der Waals surface area contributed by atoms with Crippen LogP contribution in [0, 0.1) is 12.8 Å². The molecule has 0 aliphatic carbocycles. The molecule has 1 fully saturated rings. The first kappa shape index (κ1) is 20.7. The van der Waals surface area contributed by atoms with Gasteiger partial charge in [0.05, 0.1) is 0 Å². The Bertz CT molecular complexity index is 575. The second-order valence-electron chi connectivity index (χ2n) is 6.52. The first-order valence-corrected chi connectivity index (χ1v) is 8.65. The van der Waals surface area contributed by atoms with Gasteiger partial charge in [-0.3, -0.25) is 9.59 Å². The minimum Gasteiger partial charge on any atom is -0.354 e. The fraction of sp³-hybridized carbons (Fsp3) is 0.667. The Balaban J connectivity index is 0.00000288. The van der Waals surface area contributed by atoms with Gasteiger partial charge in [-0.25, -0.2) is 0 Å². The van der Waals surface area contributed by atoms with E-state index in [1.807, 2.05) is 25.8 Å². The number of aryl methyl sites for hydroxylation is 1. The SMILES string of the molecule is CCc1c(C(=O)N2CCC(CCNC)CC2)[nH]c(C)c1C(C)=O.Cl. The Morgan fingerprint density at radius 2 is 1.92 bits per heavy atom. The number of piperidine rings is 1. The summed E-state index contributed by atoms with van der Waals surface area (Å²) in [6, 6.07) is 0. The third kappa shape index (κ3) is 4.39. The molecule has 1 aliphatic heterocycles. The van der Waals surface area contributed by atoms with E-state index in [4.69, 9.17) is 0 Å². The lowest BCUT2D eigenvalue weighted by Crippen LogP contribution is -2.39. The molecule has 1 aliphatic rings. The molecule has 2 N–H and O–H groups in total. The molecule has 24 heavy (non-hydrogen) atoms. The fourth-order valence-electron chi connectivity index (χ4n) is 3.62. The molecule has 2 rings (SSSR count). The second kappa shape index (κ2) is 9.23.